The lowest BCUT2D eigenvalue weighted by Gasteiger charge is -2.40. The molecule has 5 amide bonds. The van der Waals surface area contributed by atoms with Gasteiger partial charge in [0.1, 0.15) is 11.9 Å². The number of carbonyl (C=O) groups excluding carboxylic acids is 5. The fraction of sp³-hybridized carbons (Fsp3) is 0.480. The number of hydrogen-bond donors (Lipinski definition) is 2. The Morgan fingerprint density at radius 3 is 2.29 bits per heavy atom. The van der Waals surface area contributed by atoms with Gasteiger partial charge in [-0.25, -0.2) is 9.67 Å². The summed E-state index contributed by atoms with van der Waals surface area (Å²) in [6.45, 7) is 17.2. The average Bonchev–Trinajstić information content (AvgIpc) is 4.10. The number of benzene rings is 2. The fourth-order valence-corrected chi connectivity index (χ4v) is 11.3. The van der Waals surface area contributed by atoms with E-state index in [9.17, 15) is 24.0 Å². The van der Waals surface area contributed by atoms with Crippen molar-refractivity contribution in [2.24, 2.45) is 10.9 Å². The first-order valence-electron chi connectivity index (χ1n) is 24.7. The predicted octanol–water partition coefficient (Wildman–Crippen LogP) is 2.40. The highest BCUT2D eigenvalue weighted by Gasteiger charge is 2.45. The molecule has 2 aromatic heterocycles. The number of nitrogens with zero attached hydrogens (tertiary/aromatic N) is 13. The summed E-state index contributed by atoms with van der Waals surface area (Å²) in [6, 6.07) is 14.3. The van der Waals surface area contributed by atoms with Crippen molar-refractivity contribution < 1.29 is 24.0 Å². The number of imide groups is 2. The number of aromatic nitrogens is 5. The quantitative estimate of drug-likeness (QED) is 0.208. The Bertz CT molecular complexity index is 2820. The minimum Gasteiger partial charge on any atom is -0.369 e. The molecule has 7 aliphatic heterocycles. The van der Waals surface area contributed by atoms with Gasteiger partial charge in [0.25, 0.3) is 17.7 Å². The number of piperidine rings is 2. The SMILES string of the molecule is CC1=C(C(=O)Nc2ccc3c(c2)C(c2ccnc(N4CCN(CCN5CCC(CN6CCN(c7ccc8c(c7)C(=O)N(C7CCC(=O)NC7=O)C8=O)CC6)CC5)CC4)c2)=NC3)[C@H](C)n2nnnc2N1C. The van der Waals surface area contributed by atoms with E-state index in [2.05, 4.69) is 56.7 Å². The molecule has 20 heteroatoms. The number of likely N-dealkylation sites (tertiary alicyclic amines) is 1. The van der Waals surface area contributed by atoms with Crippen LogP contribution in [0.1, 0.15) is 83.0 Å². The van der Waals surface area contributed by atoms with Crippen LogP contribution in [0.3, 0.4) is 0 Å². The van der Waals surface area contributed by atoms with Crippen molar-refractivity contribution in [3.63, 3.8) is 0 Å². The van der Waals surface area contributed by atoms with Crippen molar-refractivity contribution in [3.8, 4) is 0 Å². The lowest BCUT2D eigenvalue weighted by atomic mass is 9.96. The third kappa shape index (κ3) is 8.61. The van der Waals surface area contributed by atoms with Crippen LogP contribution in [0.25, 0.3) is 0 Å². The molecule has 70 heavy (non-hydrogen) atoms. The predicted molar refractivity (Wildman–Crippen MR) is 262 cm³/mol. The highest BCUT2D eigenvalue weighted by Crippen LogP contribution is 2.35. The molecule has 364 valence electrons. The second-order valence-electron chi connectivity index (χ2n) is 19.6. The van der Waals surface area contributed by atoms with E-state index in [4.69, 9.17) is 9.98 Å². The van der Waals surface area contributed by atoms with Gasteiger partial charge in [-0.1, -0.05) is 11.2 Å². The molecule has 4 fully saturated rings. The van der Waals surface area contributed by atoms with E-state index < -0.39 is 23.8 Å². The van der Waals surface area contributed by atoms with Gasteiger partial charge >= 0.3 is 0 Å². The zero-order valence-electron chi connectivity index (χ0n) is 40.0. The van der Waals surface area contributed by atoms with Crippen molar-refractivity contribution in [2.75, 3.05) is 112 Å². The maximum absolute atomic E-state index is 13.7. The van der Waals surface area contributed by atoms with Gasteiger partial charge in [-0.3, -0.25) is 49.0 Å². The largest absolute Gasteiger partial charge is 0.369 e. The number of pyridine rings is 1. The molecule has 0 bridgehead atoms. The standard InChI is InChI=1S/C50H59N15O5/c1-31-44(32(2)65-50(58(31)3)55-56-57-65)47(68)53-36-5-4-35-29-52-45(39(35)27-36)34-10-13-51-42(26-34)63-24-18-60(19-25-63)17-16-59-14-11-33(12-15-59)30-61-20-22-62(23-21-61)37-6-7-38-40(28-37)49(70)64(48(38)69)41-8-9-43(66)54-46(41)67/h4-7,10,13,26-28,32-33,41H,8-9,11-12,14-25,29-30H2,1-3H3,(H,53,68)(H,54,66,67)/t32-,41?/m0/s1. The van der Waals surface area contributed by atoms with Crippen LogP contribution in [0.4, 0.5) is 23.1 Å². The van der Waals surface area contributed by atoms with E-state index in [-0.39, 0.29) is 30.7 Å². The number of carbonyl (C=O) groups is 5. The molecule has 4 saturated heterocycles. The first kappa shape index (κ1) is 45.5. The molecular weight excluding hydrogens is 891 g/mol. The molecular formula is C50H59N15O5. The number of fused-ring (bicyclic) bond motifs is 3. The smallest absolute Gasteiger partial charge is 0.262 e. The molecule has 4 aromatic rings. The van der Waals surface area contributed by atoms with Gasteiger partial charge < -0.3 is 24.9 Å². The second kappa shape index (κ2) is 18.8. The van der Waals surface area contributed by atoms with Crippen LogP contribution in [0.2, 0.25) is 0 Å². The van der Waals surface area contributed by atoms with Gasteiger partial charge in [0, 0.05) is 120 Å². The highest BCUT2D eigenvalue weighted by atomic mass is 16.2. The number of aliphatic imine (C=N–C) groups is 1. The van der Waals surface area contributed by atoms with E-state index >= 15 is 0 Å². The van der Waals surface area contributed by atoms with Crippen LogP contribution >= 0.6 is 0 Å². The van der Waals surface area contributed by atoms with Gasteiger partial charge in [-0.15, -0.1) is 0 Å². The van der Waals surface area contributed by atoms with Crippen molar-refractivity contribution in [2.45, 2.75) is 58.2 Å². The molecule has 20 nitrogen and oxygen atoms in total. The summed E-state index contributed by atoms with van der Waals surface area (Å²) in [5.74, 6) is 0.118. The van der Waals surface area contributed by atoms with Crippen LogP contribution in [0, 0.1) is 5.92 Å². The summed E-state index contributed by atoms with van der Waals surface area (Å²) in [6.07, 6.45) is 4.52. The first-order valence-corrected chi connectivity index (χ1v) is 24.7. The Labute approximate surface area is 406 Å². The third-order valence-corrected chi connectivity index (χ3v) is 15.6. The summed E-state index contributed by atoms with van der Waals surface area (Å²) in [7, 11) is 1.86. The summed E-state index contributed by atoms with van der Waals surface area (Å²) in [5, 5.41) is 17.4. The van der Waals surface area contributed by atoms with Crippen molar-refractivity contribution in [1.82, 2.24) is 50.1 Å². The van der Waals surface area contributed by atoms with Gasteiger partial charge in [0.05, 0.1) is 35.0 Å². The molecule has 0 saturated carbocycles. The topological polar surface area (TPSA) is 201 Å². The maximum atomic E-state index is 13.7. The lowest BCUT2D eigenvalue weighted by molar-refractivity contribution is -0.136. The first-order chi connectivity index (χ1) is 34.0. The zero-order chi connectivity index (χ0) is 48.2. The van der Waals surface area contributed by atoms with E-state index in [1.54, 1.807) is 16.8 Å². The molecule has 1 unspecified atom stereocenters. The number of allylic oxidation sites excluding steroid dienone is 1. The molecule has 2 atom stereocenters. The number of tetrazole rings is 1. The number of hydrogen-bond acceptors (Lipinski definition) is 16. The van der Waals surface area contributed by atoms with E-state index in [0.29, 0.717) is 40.8 Å². The molecule has 9 heterocycles. The van der Waals surface area contributed by atoms with Gasteiger partial charge in [-0.2, -0.15) is 0 Å². The van der Waals surface area contributed by atoms with Crippen molar-refractivity contribution >= 4 is 58.4 Å². The third-order valence-electron chi connectivity index (χ3n) is 15.6. The number of piperazine rings is 2. The number of rotatable bonds is 11. The van der Waals surface area contributed by atoms with Crippen LogP contribution in [-0.2, 0) is 20.9 Å². The summed E-state index contributed by atoms with van der Waals surface area (Å²) < 4.78 is 1.66. The number of amides is 5. The number of anilines is 4. The monoisotopic (exact) mass is 949 g/mol. The zero-order valence-corrected chi connectivity index (χ0v) is 40.0. The Morgan fingerprint density at radius 2 is 1.51 bits per heavy atom. The minimum absolute atomic E-state index is 0.0998. The minimum atomic E-state index is -0.964. The Hall–Kier alpha value is -6.90. The van der Waals surface area contributed by atoms with Crippen LogP contribution in [0.15, 0.2) is 71.0 Å². The molecule has 2 N–H and O–H groups in total. The Kier molecular flexibility index (Phi) is 12.2. The Balaban J connectivity index is 0.612. The van der Waals surface area contributed by atoms with Crippen molar-refractivity contribution in [1.29, 1.82) is 0 Å². The molecule has 0 spiro atoms. The molecule has 0 radical (unpaired) electrons. The van der Waals surface area contributed by atoms with E-state index in [1.165, 1.54) is 12.8 Å². The van der Waals surface area contributed by atoms with Crippen LogP contribution in [-0.4, -0.2) is 178 Å². The molecule has 0 aliphatic carbocycles. The molecule has 7 aliphatic rings. The van der Waals surface area contributed by atoms with E-state index in [0.717, 1.165) is 130 Å². The molecule has 2 aromatic carbocycles. The summed E-state index contributed by atoms with van der Waals surface area (Å²) in [5.41, 5.74) is 7.73. The lowest BCUT2D eigenvalue weighted by Crippen LogP contribution is -2.54. The van der Waals surface area contributed by atoms with Gasteiger partial charge in [0.2, 0.25) is 17.8 Å². The van der Waals surface area contributed by atoms with Crippen LogP contribution in [0.5, 0.6) is 0 Å². The highest BCUT2D eigenvalue weighted by molar-refractivity contribution is 6.24. The van der Waals surface area contributed by atoms with E-state index in [1.807, 2.05) is 62.3 Å². The fourth-order valence-electron chi connectivity index (χ4n) is 11.3. The Morgan fingerprint density at radius 1 is 0.786 bits per heavy atom. The summed E-state index contributed by atoms with van der Waals surface area (Å²) >= 11 is 0. The number of nitrogens with one attached hydrogen (secondary N) is 2. The summed E-state index contributed by atoms with van der Waals surface area (Å²) in [4.78, 5) is 89.5. The van der Waals surface area contributed by atoms with Crippen molar-refractivity contribution in [3.05, 3.63) is 93.8 Å². The van der Waals surface area contributed by atoms with Gasteiger partial charge in [-0.05, 0) is 111 Å². The maximum Gasteiger partial charge on any atom is 0.262 e. The van der Waals surface area contributed by atoms with Crippen LogP contribution < -0.4 is 25.3 Å². The molecule has 11 rings (SSSR count). The average molecular weight is 950 g/mol. The second-order valence-corrected chi connectivity index (χ2v) is 19.6. The normalized spacial score (nSPS) is 22.6. The van der Waals surface area contributed by atoms with Gasteiger partial charge in [0.15, 0.2) is 0 Å².